The summed E-state index contributed by atoms with van der Waals surface area (Å²) in [6.07, 6.45) is -0.322. The van der Waals surface area contributed by atoms with Crippen LogP contribution in [0.2, 0.25) is 0 Å². The highest BCUT2D eigenvalue weighted by atomic mass is 16.6. The Morgan fingerprint density at radius 1 is 1.28 bits per heavy atom. The molecule has 1 amide bonds. The summed E-state index contributed by atoms with van der Waals surface area (Å²) in [6, 6.07) is 7.00. The van der Waals surface area contributed by atoms with E-state index in [2.05, 4.69) is 5.32 Å². The Balaban J connectivity index is 1.62. The molecule has 0 bridgehead atoms. The first-order valence-electron chi connectivity index (χ1n) is 8.12. The Morgan fingerprint density at radius 3 is 2.84 bits per heavy atom. The van der Waals surface area contributed by atoms with Crippen LogP contribution in [0.5, 0.6) is 0 Å². The normalized spacial score (nSPS) is 23.7. The number of para-hydroxylation sites is 2. The molecule has 25 heavy (non-hydrogen) atoms. The molecule has 8 nitrogen and oxygen atoms in total. The number of nitrogens with zero attached hydrogens (tertiary/aromatic N) is 1. The molecular formula is C17H22N2O6. The first kappa shape index (κ1) is 17.7. The maximum absolute atomic E-state index is 12.3. The molecule has 0 saturated carbocycles. The van der Waals surface area contributed by atoms with Crippen LogP contribution in [0, 0.1) is 5.92 Å². The highest BCUT2D eigenvalue weighted by molar-refractivity contribution is 5.79. The minimum absolute atomic E-state index is 0.0227. The van der Waals surface area contributed by atoms with Crippen molar-refractivity contribution in [2.45, 2.75) is 18.8 Å². The van der Waals surface area contributed by atoms with Crippen molar-refractivity contribution >= 4 is 17.0 Å². The van der Waals surface area contributed by atoms with Gasteiger partial charge >= 0.3 is 5.76 Å². The average molecular weight is 350 g/mol. The molecule has 0 unspecified atom stereocenters. The van der Waals surface area contributed by atoms with Crippen LogP contribution in [0.25, 0.3) is 11.1 Å². The van der Waals surface area contributed by atoms with E-state index in [4.69, 9.17) is 18.6 Å². The minimum atomic E-state index is -0.549. The Labute approximate surface area is 144 Å². The fourth-order valence-electron chi connectivity index (χ4n) is 3.16. The van der Waals surface area contributed by atoms with Gasteiger partial charge in [0.2, 0.25) is 5.91 Å². The van der Waals surface area contributed by atoms with Gasteiger partial charge in [-0.2, -0.15) is 0 Å². The van der Waals surface area contributed by atoms with Crippen LogP contribution in [0.15, 0.2) is 33.5 Å². The van der Waals surface area contributed by atoms with E-state index in [0.717, 1.165) is 0 Å². The van der Waals surface area contributed by atoms with Crippen molar-refractivity contribution in [1.82, 2.24) is 9.88 Å². The zero-order chi connectivity index (χ0) is 17.8. The van der Waals surface area contributed by atoms with Crippen molar-refractivity contribution in [3.05, 3.63) is 34.8 Å². The predicted octanol–water partition coefficient (Wildman–Crippen LogP) is 0.387. The van der Waals surface area contributed by atoms with Crippen molar-refractivity contribution in [2.75, 3.05) is 34.0 Å². The zero-order valence-electron chi connectivity index (χ0n) is 14.3. The van der Waals surface area contributed by atoms with Crippen LogP contribution in [0.4, 0.5) is 0 Å². The monoisotopic (exact) mass is 350 g/mol. The predicted molar refractivity (Wildman–Crippen MR) is 89.4 cm³/mol. The quantitative estimate of drug-likeness (QED) is 0.810. The van der Waals surface area contributed by atoms with Gasteiger partial charge in [-0.15, -0.1) is 0 Å². The number of amides is 1. The lowest BCUT2D eigenvalue weighted by Gasteiger charge is -2.36. The lowest BCUT2D eigenvalue weighted by Crippen LogP contribution is -2.50. The lowest BCUT2D eigenvalue weighted by molar-refractivity contribution is -0.147. The number of carbonyl (C=O) groups excluding carboxylic acids is 1. The summed E-state index contributed by atoms with van der Waals surface area (Å²) in [5, 5.41) is 2.84. The van der Waals surface area contributed by atoms with Gasteiger partial charge < -0.3 is 23.9 Å². The molecule has 2 heterocycles. The van der Waals surface area contributed by atoms with Crippen LogP contribution >= 0.6 is 0 Å². The van der Waals surface area contributed by atoms with Gasteiger partial charge in [0.15, 0.2) is 5.58 Å². The van der Waals surface area contributed by atoms with E-state index in [9.17, 15) is 9.59 Å². The maximum atomic E-state index is 12.3. The zero-order valence-corrected chi connectivity index (χ0v) is 14.3. The van der Waals surface area contributed by atoms with Gasteiger partial charge in [-0.25, -0.2) is 4.79 Å². The van der Waals surface area contributed by atoms with Gasteiger partial charge in [-0.3, -0.25) is 9.36 Å². The van der Waals surface area contributed by atoms with E-state index >= 15 is 0 Å². The summed E-state index contributed by atoms with van der Waals surface area (Å²) in [5.41, 5.74) is 1.06. The molecule has 0 radical (unpaired) electrons. The fraction of sp³-hybridized carbons (Fsp3) is 0.529. The first-order chi connectivity index (χ1) is 12.1. The van der Waals surface area contributed by atoms with Crippen molar-refractivity contribution in [3.8, 4) is 0 Å². The summed E-state index contributed by atoms with van der Waals surface area (Å²) in [4.78, 5) is 24.2. The van der Waals surface area contributed by atoms with E-state index in [0.29, 0.717) is 30.9 Å². The number of carbonyl (C=O) groups is 1. The van der Waals surface area contributed by atoms with Gasteiger partial charge in [0, 0.05) is 26.7 Å². The maximum Gasteiger partial charge on any atom is 0.420 e. The summed E-state index contributed by atoms with van der Waals surface area (Å²) >= 11 is 0. The van der Waals surface area contributed by atoms with E-state index in [1.54, 1.807) is 38.5 Å². The molecule has 1 fully saturated rings. The van der Waals surface area contributed by atoms with Crippen LogP contribution < -0.4 is 11.1 Å². The second-order valence-electron chi connectivity index (χ2n) is 6.00. The Kier molecular flexibility index (Phi) is 5.52. The molecule has 1 aliphatic heterocycles. The van der Waals surface area contributed by atoms with Gasteiger partial charge in [0.05, 0.1) is 24.8 Å². The Morgan fingerprint density at radius 2 is 2.08 bits per heavy atom. The molecule has 1 aromatic heterocycles. The third-order valence-corrected chi connectivity index (χ3v) is 4.46. The molecular weight excluding hydrogens is 328 g/mol. The molecule has 2 aromatic rings. The van der Waals surface area contributed by atoms with Crippen molar-refractivity contribution in [3.63, 3.8) is 0 Å². The molecule has 0 spiro atoms. The number of nitrogens with one attached hydrogen (secondary N) is 1. The molecule has 1 aliphatic rings. The highest BCUT2D eigenvalue weighted by Crippen LogP contribution is 2.19. The molecule has 136 valence electrons. The third-order valence-electron chi connectivity index (χ3n) is 4.46. The standard InChI is InChI=1S/C17H22N2O6/c1-22-14-10-24-9-11(16(14)23-2)7-18-15(20)8-19-12-5-3-4-6-13(12)25-17(19)21/h3-6,11,14,16H,7-10H2,1-2H3,(H,18,20)/t11-,14-,16+/m1/s1. The number of aromatic nitrogens is 1. The number of methoxy groups -OCH3 is 2. The summed E-state index contributed by atoms with van der Waals surface area (Å²) in [6.45, 7) is 1.22. The van der Waals surface area contributed by atoms with Crippen LogP contribution in [0.3, 0.4) is 0 Å². The molecule has 1 aromatic carbocycles. The number of hydrogen-bond donors (Lipinski definition) is 1. The third kappa shape index (κ3) is 3.76. The van der Waals surface area contributed by atoms with Crippen molar-refractivity contribution in [2.24, 2.45) is 5.92 Å². The molecule has 1 N–H and O–H groups in total. The second-order valence-corrected chi connectivity index (χ2v) is 6.00. The summed E-state index contributed by atoms with van der Waals surface area (Å²) in [7, 11) is 3.23. The smallest absolute Gasteiger partial charge is 0.408 e. The molecule has 8 heteroatoms. The van der Waals surface area contributed by atoms with Crippen LogP contribution in [-0.4, -0.2) is 56.7 Å². The number of fused-ring (bicyclic) bond motifs is 1. The Bertz CT molecular complexity index is 783. The second kappa shape index (κ2) is 7.81. The van der Waals surface area contributed by atoms with E-state index < -0.39 is 5.76 Å². The summed E-state index contributed by atoms with van der Waals surface area (Å²) < 4.78 is 22.8. The number of rotatable bonds is 6. The van der Waals surface area contributed by atoms with E-state index in [1.165, 1.54) is 4.57 Å². The largest absolute Gasteiger partial charge is 0.420 e. The van der Waals surface area contributed by atoms with Crippen LogP contribution in [-0.2, 0) is 25.5 Å². The highest BCUT2D eigenvalue weighted by Gasteiger charge is 2.34. The SMILES string of the molecule is CO[C@H]1[C@H](CNC(=O)Cn2c(=O)oc3ccccc32)COC[C@H]1OC. The van der Waals surface area contributed by atoms with Crippen LogP contribution in [0.1, 0.15) is 0 Å². The number of ether oxygens (including phenoxy) is 3. The van der Waals surface area contributed by atoms with Gasteiger partial charge in [0.25, 0.3) is 0 Å². The van der Waals surface area contributed by atoms with Gasteiger partial charge in [0.1, 0.15) is 12.6 Å². The minimum Gasteiger partial charge on any atom is -0.408 e. The molecule has 1 saturated heterocycles. The van der Waals surface area contributed by atoms with Gasteiger partial charge in [-0.05, 0) is 12.1 Å². The van der Waals surface area contributed by atoms with E-state index in [1.807, 2.05) is 0 Å². The Hall–Kier alpha value is -2.16. The molecule has 3 atom stereocenters. The lowest BCUT2D eigenvalue weighted by atomic mass is 9.96. The first-order valence-corrected chi connectivity index (χ1v) is 8.12. The molecule has 3 rings (SSSR count). The van der Waals surface area contributed by atoms with Crippen molar-refractivity contribution < 1.29 is 23.4 Å². The number of benzene rings is 1. The number of hydrogen-bond acceptors (Lipinski definition) is 6. The average Bonchev–Trinajstić information content (AvgIpc) is 2.95. The van der Waals surface area contributed by atoms with Gasteiger partial charge in [-0.1, -0.05) is 12.1 Å². The fourth-order valence-corrected chi connectivity index (χ4v) is 3.16. The van der Waals surface area contributed by atoms with Crippen molar-refractivity contribution in [1.29, 1.82) is 0 Å². The number of oxazole rings is 1. The molecule has 0 aliphatic carbocycles. The van der Waals surface area contributed by atoms with E-state index in [-0.39, 0.29) is 30.6 Å². The topological polar surface area (TPSA) is 91.9 Å². The summed E-state index contributed by atoms with van der Waals surface area (Å²) in [5.74, 6) is -0.847.